The first-order valence-corrected chi connectivity index (χ1v) is 12.0. The van der Waals surface area contributed by atoms with Gasteiger partial charge in [0.05, 0.1) is 11.4 Å². The van der Waals surface area contributed by atoms with Crippen LogP contribution in [0, 0.1) is 5.82 Å². The van der Waals surface area contributed by atoms with Crippen LogP contribution in [0.1, 0.15) is 37.0 Å². The quantitative estimate of drug-likeness (QED) is 0.273. The van der Waals surface area contributed by atoms with E-state index in [0.29, 0.717) is 16.5 Å². The van der Waals surface area contributed by atoms with Crippen molar-refractivity contribution in [3.8, 4) is 17.2 Å². The molecule has 196 valence electrons. The van der Waals surface area contributed by atoms with Gasteiger partial charge in [-0.15, -0.1) is 0 Å². The number of halogens is 2. The average Bonchev–Trinajstić information content (AvgIpc) is 3.30. The predicted octanol–water partition coefficient (Wildman–Crippen LogP) is 6.15. The van der Waals surface area contributed by atoms with Crippen LogP contribution >= 0.6 is 11.6 Å². The molecule has 0 aliphatic carbocycles. The predicted molar refractivity (Wildman–Crippen MR) is 144 cm³/mol. The van der Waals surface area contributed by atoms with E-state index in [9.17, 15) is 14.0 Å². The Morgan fingerprint density at radius 2 is 1.74 bits per heavy atom. The minimum atomic E-state index is -0.706. The molecule has 2 aromatic heterocycles. The molecule has 38 heavy (non-hydrogen) atoms. The van der Waals surface area contributed by atoms with Crippen LogP contribution in [0.15, 0.2) is 66.9 Å². The van der Waals surface area contributed by atoms with Crippen molar-refractivity contribution >= 4 is 35.0 Å². The molecule has 4 aromatic rings. The summed E-state index contributed by atoms with van der Waals surface area (Å²) in [5, 5.41) is 13.1. The fraction of sp³-hybridized carbons (Fsp3) is 0.185. The van der Waals surface area contributed by atoms with E-state index in [1.807, 2.05) is 20.8 Å². The van der Waals surface area contributed by atoms with Gasteiger partial charge in [0.1, 0.15) is 17.3 Å². The summed E-state index contributed by atoms with van der Waals surface area (Å²) < 4.78 is 21.9. The highest BCUT2D eigenvalue weighted by molar-refractivity contribution is 6.30. The normalized spacial score (nSPS) is 11.1. The number of aromatic nitrogens is 3. The van der Waals surface area contributed by atoms with Crippen molar-refractivity contribution in [3.63, 3.8) is 0 Å². The van der Waals surface area contributed by atoms with Crippen molar-refractivity contribution < 1.29 is 18.7 Å². The summed E-state index contributed by atoms with van der Waals surface area (Å²) in [4.78, 5) is 28.5. The van der Waals surface area contributed by atoms with Gasteiger partial charge in [0.2, 0.25) is 0 Å². The highest BCUT2D eigenvalue weighted by atomic mass is 35.5. The van der Waals surface area contributed by atoms with Crippen molar-refractivity contribution in [2.75, 3.05) is 17.7 Å². The van der Waals surface area contributed by atoms with Crippen molar-refractivity contribution in [2.24, 2.45) is 0 Å². The van der Waals surface area contributed by atoms with E-state index in [2.05, 4.69) is 26.0 Å². The zero-order valence-electron chi connectivity index (χ0n) is 21.2. The van der Waals surface area contributed by atoms with Gasteiger partial charge in [0, 0.05) is 47.6 Å². The SMILES string of the molecule is CNC(=O)c1cc(Oc2ccc(NC(=O)Nc3cc(C(C)(C)C)nn3-c3ccc(Cl)cc3)cc2F)ccn1. The van der Waals surface area contributed by atoms with E-state index >= 15 is 0 Å². The minimum Gasteiger partial charge on any atom is -0.454 e. The maximum absolute atomic E-state index is 14.8. The van der Waals surface area contributed by atoms with Crippen LogP contribution in [-0.4, -0.2) is 33.8 Å². The number of hydrogen-bond donors (Lipinski definition) is 3. The van der Waals surface area contributed by atoms with Crippen molar-refractivity contribution in [3.05, 3.63) is 89.1 Å². The highest BCUT2D eigenvalue weighted by Gasteiger charge is 2.22. The topological polar surface area (TPSA) is 110 Å². The Balaban J connectivity index is 1.50. The lowest BCUT2D eigenvalue weighted by molar-refractivity contribution is 0.0958. The monoisotopic (exact) mass is 536 g/mol. The van der Waals surface area contributed by atoms with E-state index in [1.54, 1.807) is 35.0 Å². The summed E-state index contributed by atoms with van der Waals surface area (Å²) in [6, 6.07) is 15.1. The number of nitrogens with one attached hydrogen (secondary N) is 3. The van der Waals surface area contributed by atoms with E-state index in [4.69, 9.17) is 16.3 Å². The third kappa shape index (κ3) is 6.27. The van der Waals surface area contributed by atoms with Gasteiger partial charge >= 0.3 is 6.03 Å². The lowest BCUT2D eigenvalue weighted by Crippen LogP contribution is -2.21. The fourth-order valence-electron chi connectivity index (χ4n) is 3.41. The third-order valence-electron chi connectivity index (χ3n) is 5.40. The molecule has 0 saturated heterocycles. The lowest BCUT2D eigenvalue weighted by Gasteiger charge is -2.14. The molecule has 2 heterocycles. The molecule has 0 atom stereocenters. The van der Waals surface area contributed by atoms with Crippen molar-refractivity contribution in [1.29, 1.82) is 0 Å². The molecule has 0 unspecified atom stereocenters. The van der Waals surface area contributed by atoms with Crippen LogP contribution in [0.5, 0.6) is 11.5 Å². The number of nitrogens with zero attached hydrogens (tertiary/aromatic N) is 3. The summed E-state index contributed by atoms with van der Waals surface area (Å²) in [7, 11) is 1.48. The molecular formula is C27H26ClFN6O3. The van der Waals surface area contributed by atoms with Gasteiger partial charge in [-0.3, -0.25) is 15.1 Å². The molecule has 3 amide bonds. The Kier molecular flexibility index (Phi) is 7.63. The molecule has 0 fully saturated rings. The number of urea groups is 1. The average molecular weight is 537 g/mol. The summed E-state index contributed by atoms with van der Waals surface area (Å²) in [5.74, 6) is -0.516. The van der Waals surface area contributed by atoms with Gasteiger partial charge in [-0.05, 0) is 42.5 Å². The Morgan fingerprint density at radius 1 is 1.00 bits per heavy atom. The molecule has 3 N–H and O–H groups in total. The molecule has 0 aliphatic heterocycles. The maximum atomic E-state index is 14.8. The van der Waals surface area contributed by atoms with Crippen LogP contribution in [0.25, 0.3) is 5.69 Å². The zero-order chi connectivity index (χ0) is 27.4. The number of amides is 3. The molecular weight excluding hydrogens is 511 g/mol. The van der Waals surface area contributed by atoms with Gasteiger partial charge in [-0.25, -0.2) is 13.9 Å². The van der Waals surface area contributed by atoms with E-state index in [1.165, 1.54) is 37.5 Å². The molecule has 2 aromatic carbocycles. The first kappa shape index (κ1) is 26.6. The number of hydrogen-bond acceptors (Lipinski definition) is 5. The smallest absolute Gasteiger partial charge is 0.324 e. The molecule has 0 saturated carbocycles. The van der Waals surface area contributed by atoms with E-state index in [0.717, 1.165) is 11.8 Å². The Bertz CT molecular complexity index is 1480. The number of benzene rings is 2. The Hall–Kier alpha value is -4.44. The number of carbonyl (C=O) groups is 2. The second kappa shape index (κ2) is 10.9. The molecule has 4 rings (SSSR count). The number of ether oxygens (including phenoxy) is 1. The summed E-state index contributed by atoms with van der Waals surface area (Å²) >= 11 is 6.02. The zero-order valence-corrected chi connectivity index (χ0v) is 21.9. The van der Waals surface area contributed by atoms with Crippen LogP contribution in [-0.2, 0) is 5.41 Å². The minimum absolute atomic E-state index is 0.0827. The van der Waals surface area contributed by atoms with Gasteiger partial charge < -0.3 is 15.4 Å². The lowest BCUT2D eigenvalue weighted by atomic mass is 9.92. The molecule has 0 aliphatic rings. The molecule has 0 spiro atoms. The maximum Gasteiger partial charge on any atom is 0.324 e. The Morgan fingerprint density at radius 3 is 2.39 bits per heavy atom. The van der Waals surface area contributed by atoms with Crippen LogP contribution in [0.3, 0.4) is 0 Å². The van der Waals surface area contributed by atoms with Crippen molar-refractivity contribution in [2.45, 2.75) is 26.2 Å². The molecule has 0 bridgehead atoms. The highest BCUT2D eigenvalue weighted by Crippen LogP contribution is 2.29. The van der Waals surface area contributed by atoms with E-state index in [-0.39, 0.29) is 28.3 Å². The van der Waals surface area contributed by atoms with Gasteiger partial charge in [0.25, 0.3) is 5.91 Å². The number of rotatable bonds is 6. The number of anilines is 2. The van der Waals surface area contributed by atoms with Crippen LogP contribution < -0.4 is 20.7 Å². The molecule has 11 heteroatoms. The second-order valence-electron chi connectivity index (χ2n) is 9.34. The number of pyridine rings is 1. The van der Waals surface area contributed by atoms with Crippen molar-refractivity contribution in [1.82, 2.24) is 20.1 Å². The summed E-state index contributed by atoms with van der Waals surface area (Å²) in [6.07, 6.45) is 1.39. The first-order chi connectivity index (χ1) is 18.0. The largest absolute Gasteiger partial charge is 0.454 e. The van der Waals surface area contributed by atoms with Crippen LogP contribution in [0.2, 0.25) is 5.02 Å². The Labute approximate surface area is 224 Å². The first-order valence-electron chi connectivity index (χ1n) is 11.6. The molecule has 9 nitrogen and oxygen atoms in total. The second-order valence-corrected chi connectivity index (χ2v) is 9.77. The number of carbonyl (C=O) groups excluding carboxylic acids is 2. The standard InChI is InChI=1S/C27H26ClFN6O3/c1-27(2,3)23-15-24(35(34-23)18-8-5-16(28)6-9-18)33-26(37)32-17-7-10-22(20(29)13-17)38-19-11-12-31-21(14-19)25(36)30-4/h5-15H,1-4H3,(H,30,36)(H2,32,33,37). The van der Waals surface area contributed by atoms with Crippen LogP contribution in [0.4, 0.5) is 20.7 Å². The summed E-state index contributed by atoms with van der Waals surface area (Å²) in [6.45, 7) is 6.05. The van der Waals surface area contributed by atoms with E-state index < -0.39 is 17.8 Å². The molecule has 0 radical (unpaired) electrons. The van der Waals surface area contributed by atoms with Gasteiger partial charge in [-0.2, -0.15) is 5.10 Å². The van der Waals surface area contributed by atoms with Gasteiger partial charge in [0.15, 0.2) is 11.6 Å². The third-order valence-corrected chi connectivity index (χ3v) is 5.65. The fourth-order valence-corrected chi connectivity index (χ4v) is 3.54. The van der Waals surface area contributed by atoms with Gasteiger partial charge in [-0.1, -0.05) is 32.4 Å². The summed E-state index contributed by atoms with van der Waals surface area (Å²) in [5.41, 5.74) is 1.56.